The Morgan fingerprint density at radius 3 is 2.90 bits per heavy atom. The highest BCUT2D eigenvalue weighted by molar-refractivity contribution is 5.81. The number of benzene rings is 1. The van der Waals surface area contributed by atoms with Crippen LogP contribution in [0.4, 0.5) is 0 Å². The lowest BCUT2D eigenvalue weighted by molar-refractivity contribution is -0.160. The summed E-state index contributed by atoms with van der Waals surface area (Å²) in [5, 5.41) is 0. The van der Waals surface area contributed by atoms with E-state index in [4.69, 9.17) is 13.9 Å². The van der Waals surface area contributed by atoms with Gasteiger partial charge in [-0.15, -0.1) is 0 Å². The standard InChI is InChI=1S/C13H11NO6/c15-11(19-10-5-6-18-12(10)16)7-14-8-3-1-2-4-9(8)20-13(14)17/h1-4,10H,5-7H2. The minimum atomic E-state index is -0.878. The molecule has 2 heterocycles. The molecule has 7 nitrogen and oxygen atoms in total. The molecule has 0 amide bonds. The van der Waals surface area contributed by atoms with Crippen molar-refractivity contribution in [2.45, 2.75) is 19.1 Å². The quantitative estimate of drug-likeness (QED) is 0.757. The third kappa shape index (κ3) is 2.18. The van der Waals surface area contributed by atoms with Crippen molar-refractivity contribution in [1.29, 1.82) is 0 Å². The van der Waals surface area contributed by atoms with E-state index in [1.165, 1.54) is 0 Å². The fourth-order valence-corrected chi connectivity index (χ4v) is 2.07. The molecule has 1 aromatic carbocycles. The van der Waals surface area contributed by atoms with Gasteiger partial charge in [0.05, 0.1) is 12.1 Å². The Morgan fingerprint density at radius 2 is 2.15 bits per heavy atom. The lowest BCUT2D eigenvalue weighted by Crippen LogP contribution is -2.27. The van der Waals surface area contributed by atoms with Crippen molar-refractivity contribution in [3.63, 3.8) is 0 Å². The summed E-state index contributed by atoms with van der Waals surface area (Å²) in [5.41, 5.74) is 0.897. The van der Waals surface area contributed by atoms with Gasteiger partial charge in [0.1, 0.15) is 6.54 Å². The van der Waals surface area contributed by atoms with E-state index in [9.17, 15) is 14.4 Å². The highest BCUT2D eigenvalue weighted by Gasteiger charge is 2.30. The highest BCUT2D eigenvalue weighted by Crippen LogP contribution is 2.13. The van der Waals surface area contributed by atoms with Crippen LogP contribution in [0, 0.1) is 0 Å². The van der Waals surface area contributed by atoms with Gasteiger partial charge in [-0.05, 0) is 12.1 Å². The number of hydrogen-bond acceptors (Lipinski definition) is 6. The Labute approximate surface area is 112 Å². The Kier molecular flexibility index (Phi) is 3.02. The summed E-state index contributed by atoms with van der Waals surface area (Å²) in [7, 11) is 0. The third-order valence-electron chi connectivity index (χ3n) is 3.02. The van der Waals surface area contributed by atoms with Crippen molar-refractivity contribution in [3.8, 4) is 0 Å². The zero-order chi connectivity index (χ0) is 14.1. The van der Waals surface area contributed by atoms with Gasteiger partial charge < -0.3 is 13.9 Å². The maximum absolute atomic E-state index is 11.8. The van der Waals surface area contributed by atoms with Crippen molar-refractivity contribution in [2.75, 3.05) is 6.61 Å². The summed E-state index contributed by atoms with van der Waals surface area (Å²) in [6, 6.07) is 6.75. The Hall–Kier alpha value is -2.57. The van der Waals surface area contributed by atoms with Crippen LogP contribution in [0.25, 0.3) is 11.1 Å². The number of fused-ring (bicyclic) bond motifs is 1. The van der Waals surface area contributed by atoms with Crippen LogP contribution in [-0.4, -0.2) is 29.2 Å². The molecular weight excluding hydrogens is 266 g/mol. The normalized spacial score (nSPS) is 18.2. The van der Waals surface area contributed by atoms with E-state index in [2.05, 4.69) is 0 Å². The van der Waals surface area contributed by atoms with E-state index >= 15 is 0 Å². The van der Waals surface area contributed by atoms with Gasteiger partial charge in [0.15, 0.2) is 5.58 Å². The van der Waals surface area contributed by atoms with Crippen LogP contribution in [0.15, 0.2) is 33.5 Å². The minimum Gasteiger partial charge on any atom is -0.463 e. The van der Waals surface area contributed by atoms with Gasteiger partial charge in [-0.2, -0.15) is 0 Å². The average molecular weight is 277 g/mol. The molecule has 3 rings (SSSR count). The van der Waals surface area contributed by atoms with Gasteiger partial charge in [0.2, 0.25) is 6.10 Å². The second-order valence-electron chi connectivity index (χ2n) is 4.36. The fraction of sp³-hybridized carbons (Fsp3) is 0.308. The molecular formula is C13H11NO6. The van der Waals surface area contributed by atoms with Crippen LogP contribution in [0.1, 0.15) is 6.42 Å². The second kappa shape index (κ2) is 4.84. The summed E-state index contributed by atoms with van der Waals surface area (Å²) in [6.45, 7) is -0.0645. The monoisotopic (exact) mass is 277 g/mol. The smallest absolute Gasteiger partial charge is 0.420 e. The predicted molar refractivity (Wildman–Crippen MR) is 65.9 cm³/mol. The number of carbonyl (C=O) groups excluding carboxylic acids is 2. The molecule has 0 N–H and O–H groups in total. The van der Waals surface area contributed by atoms with Crippen molar-refractivity contribution in [3.05, 3.63) is 34.8 Å². The van der Waals surface area contributed by atoms with Crippen LogP contribution in [0.2, 0.25) is 0 Å². The first kappa shape index (κ1) is 12.5. The summed E-state index contributed by atoms with van der Waals surface area (Å²) < 4.78 is 15.8. The zero-order valence-electron chi connectivity index (χ0n) is 10.4. The molecule has 1 saturated heterocycles. The molecule has 0 bridgehead atoms. The molecule has 1 aliphatic heterocycles. The first-order valence-corrected chi connectivity index (χ1v) is 6.09. The number of carbonyl (C=O) groups is 2. The van der Waals surface area contributed by atoms with E-state index in [0.29, 0.717) is 17.5 Å². The van der Waals surface area contributed by atoms with Crippen molar-refractivity contribution >= 4 is 23.0 Å². The number of cyclic esters (lactones) is 1. The fourth-order valence-electron chi connectivity index (χ4n) is 2.07. The van der Waals surface area contributed by atoms with Gasteiger partial charge in [0, 0.05) is 6.42 Å². The SMILES string of the molecule is O=C(Cn1c(=O)oc2ccccc21)OC1CCOC1=O. The molecule has 1 aliphatic rings. The Balaban J connectivity index is 1.79. The predicted octanol–water partition coefficient (Wildman–Crippen LogP) is 0.453. The van der Waals surface area contributed by atoms with E-state index in [1.54, 1.807) is 24.3 Å². The molecule has 0 spiro atoms. The summed E-state index contributed by atoms with van der Waals surface area (Å²) in [6.07, 6.45) is -0.539. The average Bonchev–Trinajstić information content (AvgIpc) is 2.95. The van der Waals surface area contributed by atoms with E-state index < -0.39 is 23.8 Å². The van der Waals surface area contributed by atoms with Gasteiger partial charge >= 0.3 is 17.7 Å². The van der Waals surface area contributed by atoms with Gasteiger partial charge in [-0.1, -0.05) is 12.1 Å². The number of hydrogen-bond donors (Lipinski definition) is 0. The molecule has 1 atom stereocenters. The molecule has 104 valence electrons. The van der Waals surface area contributed by atoms with Gasteiger partial charge in [0.25, 0.3) is 0 Å². The topological polar surface area (TPSA) is 87.7 Å². The van der Waals surface area contributed by atoms with Gasteiger partial charge in [-0.3, -0.25) is 9.36 Å². The molecule has 20 heavy (non-hydrogen) atoms. The molecule has 1 fully saturated rings. The Bertz CT molecular complexity index is 728. The number of nitrogens with zero attached hydrogens (tertiary/aromatic N) is 1. The molecule has 0 saturated carbocycles. The molecule has 2 aromatic rings. The van der Waals surface area contributed by atoms with Crippen LogP contribution < -0.4 is 5.76 Å². The number of para-hydroxylation sites is 2. The van der Waals surface area contributed by atoms with Crippen LogP contribution in [0.3, 0.4) is 0 Å². The molecule has 0 aliphatic carbocycles. The van der Waals surface area contributed by atoms with E-state index in [-0.39, 0.29) is 13.2 Å². The maximum atomic E-state index is 11.8. The van der Waals surface area contributed by atoms with Crippen LogP contribution >= 0.6 is 0 Å². The lowest BCUT2D eigenvalue weighted by Gasteiger charge is -2.08. The minimum absolute atomic E-state index is 0.241. The zero-order valence-corrected chi connectivity index (χ0v) is 10.4. The second-order valence-corrected chi connectivity index (χ2v) is 4.36. The first-order chi connectivity index (χ1) is 9.65. The highest BCUT2D eigenvalue weighted by atomic mass is 16.6. The summed E-state index contributed by atoms with van der Waals surface area (Å²) >= 11 is 0. The van der Waals surface area contributed by atoms with Crippen molar-refractivity contribution < 1.29 is 23.5 Å². The number of rotatable bonds is 3. The van der Waals surface area contributed by atoms with E-state index in [1.807, 2.05) is 0 Å². The molecule has 7 heteroatoms. The van der Waals surface area contributed by atoms with Crippen molar-refractivity contribution in [2.24, 2.45) is 0 Å². The first-order valence-electron chi connectivity index (χ1n) is 6.09. The molecule has 1 unspecified atom stereocenters. The van der Waals surface area contributed by atoms with Crippen LogP contribution in [0.5, 0.6) is 0 Å². The number of esters is 2. The maximum Gasteiger partial charge on any atom is 0.420 e. The lowest BCUT2D eigenvalue weighted by atomic mass is 10.3. The summed E-state index contributed by atoms with van der Waals surface area (Å²) in [4.78, 5) is 34.7. The van der Waals surface area contributed by atoms with Crippen molar-refractivity contribution in [1.82, 2.24) is 4.57 Å². The van der Waals surface area contributed by atoms with Crippen LogP contribution in [-0.2, 0) is 25.6 Å². The molecule has 0 radical (unpaired) electrons. The largest absolute Gasteiger partial charge is 0.463 e. The third-order valence-corrected chi connectivity index (χ3v) is 3.02. The molecule has 1 aromatic heterocycles. The number of oxazole rings is 1. The number of ether oxygens (including phenoxy) is 2. The van der Waals surface area contributed by atoms with E-state index in [0.717, 1.165) is 4.57 Å². The number of aromatic nitrogens is 1. The van der Waals surface area contributed by atoms with Gasteiger partial charge in [-0.25, -0.2) is 9.59 Å². The Morgan fingerprint density at radius 1 is 1.35 bits per heavy atom. The summed E-state index contributed by atoms with van der Waals surface area (Å²) in [5.74, 6) is -1.87.